The summed E-state index contributed by atoms with van der Waals surface area (Å²) in [6, 6.07) is 9.13. The molecule has 0 radical (unpaired) electrons. The normalized spacial score (nSPS) is 11.4. The van der Waals surface area contributed by atoms with Crippen LogP contribution in [0.2, 0.25) is 0 Å². The minimum atomic E-state index is -4.68. The second-order valence-electron chi connectivity index (χ2n) is 3.83. The molecule has 0 saturated heterocycles. The van der Waals surface area contributed by atoms with Crippen molar-refractivity contribution in [2.24, 2.45) is 5.73 Å². The molecule has 1 heterocycles. The SMILES string of the molecule is NCc1ccc(-c2ccc(OC(F)(F)F)cc2)nc1. The van der Waals surface area contributed by atoms with Gasteiger partial charge in [0.05, 0.1) is 5.69 Å². The maximum Gasteiger partial charge on any atom is 0.573 e. The number of alkyl halides is 3. The summed E-state index contributed by atoms with van der Waals surface area (Å²) in [7, 11) is 0. The van der Waals surface area contributed by atoms with Crippen molar-refractivity contribution in [1.29, 1.82) is 0 Å². The summed E-state index contributed by atoms with van der Waals surface area (Å²) in [6.07, 6.45) is -3.04. The highest BCUT2D eigenvalue weighted by atomic mass is 19.4. The van der Waals surface area contributed by atoms with E-state index in [0.717, 1.165) is 5.56 Å². The fourth-order valence-electron chi connectivity index (χ4n) is 1.54. The Bertz CT molecular complexity index is 535. The Labute approximate surface area is 107 Å². The van der Waals surface area contributed by atoms with E-state index >= 15 is 0 Å². The van der Waals surface area contributed by atoms with Crippen LogP contribution in [0.4, 0.5) is 13.2 Å². The van der Waals surface area contributed by atoms with Gasteiger partial charge in [-0.15, -0.1) is 13.2 Å². The van der Waals surface area contributed by atoms with Crippen LogP contribution in [0, 0.1) is 0 Å². The third-order valence-corrected chi connectivity index (χ3v) is 2.44. The lowest BCUT2D eigenvalue weighted by Crippen LogP contribution is -2.16. The first kappa shape index (κ1) is 13.4. The van der Waals surface area contributed by atoms with Crippen molar-refractivity contribution in [3.8, 4) is 17.0 Å². The highest BCUT2D eigenvalue weighted by Crippen LogP contribution is 2.25. The quantitative estimate of drug-likeness (QED) is 0.930. The van der Waals surface area contributed by atoms with Crippen molar-refractivity contribution in [2.45, 2.75) is 12.9 Å². The van der Waals surface area contributed by atoms with E-state index in [2.05, 4.69) is 9.72 Å². The zero-order valence-corrected chi connectivity index (χ0v) is 9.82. The second-order valence-corrected chi connectivity index (χ2v) is 3.83. The van der Waals surface area contributed by atoms with Gasteiger partial charge in [-0.05, 0) is 35.9 Å². The lowest BCUT2D eigenvalue weighted by molar-refractivity contribution is -0.274. The van der Waals surface area contributed by atoms with Gasteiger partial charge in [-0.3, -0.25) is 4.98 Å². The van der Waals surface area contributed by atoms with Gasteiger partial charge >= 0.3 is 6.36 Å². The topological polar surface area (TPSA) is 48.1 Å². The van der Waals surface area contributed by atoms with Gasteiger partial charge in [-0.25, -0.2) is 0 Å². The molecule has 2 N–H and O–H groups in total. The number of aromatic nitrogens is 1. The Balaban J connectivity index is 2.17. The lowest BCUT2D eigenvalue weighted by Gasteiger charge is -2.09. The number of pyridine rings is 1. The number of ether oxygens (including phenoxy) is 1. The van der Waals surface area contributed by atoms with Crippen molar-refractivity contribution < 1.29 is 17.9 Å². The van der Waals surface area contributed by atoms with Gasteiger partial charge in [0.25, 0.3) is 0 Å². The van der Waals surface area contributed by atoms with Crippen LogP contribution >= 0.6 is 0 Å². The first-order valence-electron chi connectivity index (χ1n) is 5.49. The van der Waals surface area contributed by atoms with Gasteiger partial charge in [0.2, 0.25) is 0 Å². The molecule has 0 saturated carbocycles. The minimum absolute atomic E-state index is 0.255. The molecule has 0 amide bonds. The molecule has 2 rings (SSSR count). The number of nitrogens with zero attached hydrogens (tertiary/aromatic N) is 1. The van der Waals surface area contributed by atoms with E-state index in [1.807, 2.05) is 6.07 Å². The molecule has 3 nitrogen and oxygen atoms in total. The Hall–Kier alpha value is -2.08. The molecule has 2 aromatic rings. The number of hydrogen-bond donors (Lipinski definition) is 1. The van der Waals surface area contributed by atoms with Crippen LogP contribution in [0.3, 0.4) is 0 Å². The molecule has 0 unspecified atom stereocenters. The Kier molecular flexibility index (Phi) is 3.71. The van der Waals surface area contributed by atoms with Crippen LogP contribution in [0.15, 0.2) is 42.6 Å². The zero-order valence-electron chi connectivity index (χ0n) is 9.82. The Morgan fingerprint density at radius 2 is 1.74 bits per heavy atom. The third kappa shape index (κ3) is 3.69. The van der Waals surface area contributed by atoms with Gasteiger partial charge in [-0.2, -0.15) is 0 Å². The maximum absolute atomic E-state index is 12.0. The molecule has 1 aromatic heterocycles. The molecule has 0 aliphatic rings. The van der Waals surface area contributed by atoms with Gasteiger partial charge in [0.1, 0.15) is 5.75 Å². The van der Waals surface area contributed by atoms with Crippen molar-refractivity contribution in [3.05, 3.63) is 48.2 Å². The second kappa shape index (κ2) is 5.27. The molecule has 0 aliphatic carbocycles. The molecule has 0 spiro atoms. The summed E-state index contributed by atoms with van der Waals surface area (Å²) in [5.74, 6) is -0.255. The summed E-state index contributed by atoms with van der Waals surface area (Å²) in [4.78, 5) is 4.18. The van der Waals surface area contributed by atoms with Gasteiger partial charge < -0.3 is 10.5 Å². The van der Waals surface area contributed by atoms with E-state index in [4.69, 9.17) is 5.73 Å². The largest absolute Gasteiger partial charge is 0.573 e. The van der Waals surface area contributed by atoms with E-state index in [9.17, 15) is 13.2 Å². The molecule has 100 valence electrons. The van der Waals surface area contributed by atoms with Gasteiger partial charge in [0.15, 0.2) is 0 Å². The minimum Gasteiger partial charge on any atom is -0.406 e. The number of benzene rings is 1. The van der Waals surface area contributed by atoms with Crippen LogP contribution in [-0.2, 0) is 6.54 Å². The van der Waals surface area contributed by atoms with Crippen molar-refractivity contribution >= 4 is 0 Å². The summed E-state index contributed by atoms with van der Waals surface area (Å²) >= 11 is 0. The van der Waals surface area contributed by atoms with E-state index in [1.165, 1.54) is 24.3 Å². The monoisotopic (exact) mass is 268 g/mol. The molecule has 0 fully saturated rings. The Morgan fingerprint density at radius 1 is 1.05 bits per heavy atom. The third-order valence-electron chi connectivity index (χ3n) is 2.44. The molecule has 0 bridgehead atoms. The van der Waals surface area contributed by atoms with Crippen LogP contribution in [0.25, 0.3) is 11.3 Å². The average Bonchev–Trinajstić information content (AvgIpc) is 2.38. The van der Waals surface area contributed by atoms with Crippen molar-refractivity contribution in [1.82, 2.24) is 4.98 Å². The van der Waals surface area contributed by atoms with Gasteiger partial charge in [0, 0.05) is 18.3 Å². The van der Waals surface area contributed by atoms with Gasteiger partial charge in [-0.1, -0.05) is 6.07 Å². The first-order valence-corrected chi connectivity index (χ1v) is 5.49. The number of halogens is 3. The molecule has 1 aromatic carbocycles. The summed E-state index contributed by atoms with van der Waals surface area (Å²) in [5.41, 5.74) is 7.71. The summed E-state index contributed by atoms with van der Waals surface area (Å²) < 4.78 is 39.8. The predicted molar refractivity (Wildman–Crippen MR) is 64.2 cm³/mol. The van der Waals surface area contributed by atoms with E-state index < -0.39 is 6.36 Å². The van der Waals surface area contributed by atoms with Crippen molar-refractivity contribution in [3.63, 3.8) is 0 Å². The Morgan fingerprint density at radius 3 is 2.21 bits per heavy atom. The van der Waals surface area contributed by atoms with E-state index in [0.29, 0.717) is 17.8 Å². The molecular formula is C13H11F3N2O. The lowest BCUT2D eigenvalue weighted by atomic mass is 10.1. The highest BCUT2D eigenvalue weighted by molar-refractivity contribution is 5.60. The fraction of sp³-hybridized carbons (Fsp3) is 0.154. The highest BCUT2D eigenvalue weighted by Gasteiger charge is 2.30. The molecular weight excluding hydrogens is 257 g/mol. The molecule has 19 heavy (non-hydrogen) atoms. The van der Waals surface area contributed by atoms with Crippen LogP contribution in [0.5, 0.6) is 5.75 Å². The average molecular weight is 268 g/mol. The van der Waals surface area contributed by atoms with Crippen molar-refractivity contribution in [2.75, 3.05) is 0 Å². The number of hydrogen-bond acceptors (Lipinski definition) is 3. The predicted octanol–water partition coefficient (Wildman–Crippen LogP) is 3.11. The van der Waals surface area contributed by atoms with Crippen LogP contribution in [-0.4, -0.2) is 11.3 Å². The van der Waals surface area contributed by atoms with Crippen LogP contribution in [0.1, 0.15) is 5.56 Å². The van der Waals surface area contributed by atoms with E-state index in [1.54, 1.807) is 12.3 Å². The number of rotatable bonds is 3. The smallest absolute Gasteiger partial charge is 0.406 e. The van der Waals surface area contributed by atoms with E-state index in [-0.39, 0.29) is 5.75 Å². The molecule has 0 aliphatic heterocycles. The summed E-state index contributed by atoms with van der Waals surface area (Å²) in [6.45, 7) is 0.394. The maximum atomic E-state index is 12.0. The standard InChI is InChI=1S/C13H11F3N2O/c14-13(15,16)19-11-4-2-10(3-5-11)12-6-1-9(7-17)8-18-12/h1-6,8H,7,17H2. The fourth-order valence-corrected chi connectivity index (χ4v) is 1.54. The van der Waals surface area contributed by atoms with Crippen LogP contribution < -0.4 is 10.5 Å². The summed E-state index contributed by atoms with van der Waals surface area (Å²) in [5, 5.41) is 0. The zero-order chi connectivity index (χ0) is 13.9. The first-order chi connectivity index (χ1) is 8.98. The number of nitrogens with two attached hydrogens (primary N) is 1. The molecule has 0 atom stereocenters. The molecule has 6 heteroatoms.